The summed E-state index contributed by atoms with van der Waals surface area (Å²) in [6.45, 7) is 0. The Morgan fingerprint density at radius 3 is 2.29 bits per heavy atom. The molecule has 0 aliphatic carbocycles. The van der Waals surface area contributed by atoms with Crippen molar-refractivity contribution in [3.05, 3.63) is 64.4 Å². The third-order valence-electron chi connectivity index (χ3n) is 2.88. The van der Waals surface area contributed by atoms with Crippen LogP contribution in [0.2, 0.25) is 5.02 Å². The summed E-state index contributed by atoms with van der Waals surface area (Å²) in [5, 5.41) is 4.45. The highest BCUT2D eigenvalue weighted by Gasteiger charge is 2.31. The minimum absolute atomic E-state index is 0.00128. The summed E-state index contributed by atoms with van der Waals surface area (Å²) in [4.78, 5) is 11.9. The maximum Gasteiger partial charge on any atom is 0.416 e. The number of thiocarbonyl (C=S) groups is 1. The molecule has 24 heavy (non-hydrogen) atoms. The molecular formula is C15H9ClF4N2OS. The minimum atomic E-state index is -4.54. The molecule has 2 rings (SSSR count). The van der Waals surface area contributed by atoms with E-state index in [2.05, 4.69) is 10.6 Å². The standard InChI is InChI=1S/C15H9ClF4N2OS/c16-11-6-3-9(15(18,19)20)7-12(11)21-14(24)22-13(23)8-1-4-10(17)5-2-8/h1-7H,(H2,21,22,23,24). The predicted molar refractivity (Wildman–Crippen MR) is 86.5 cm³/mol. The molecule has 126 valence electrons. The Balaban J connectivity index is 2.09. The van der Waals surface area contributed by atoms with Crippen LogP contribution in [0.25, 0.3) is 0 Å². The molecule has 0 aliphatic rings. The van der Waals surface area contributed by atoms with Crippen molar-refractivity contribution in [1.29, 1.82) is 0 Å². The molecular weight excluding hydrogens is 368 g/mol. The van der Waals surface area contributed by atoms with E-state index in [0.717, 1.165) is 30.3 Å². The number of benzene rings is 2. The van der Waals surface area contributed by atoms with Crippen molar-refractivity contribution >= 4 is 40.5 Å². The Labute approximate surface area is 144 Å². The maximum atomic E-state index is 12.8. The van der Waals surface area contributed by atoms with Gasteiger partial charge in [-0.2, -0.15) is 13.2 Å². The number of halogens is 5. The van der Waals surface area contributed by atoms with Gasteiger partial charge < -0.3 is 5.32 Å². The van der Waals surface area contributed by atoms with Crippen molar-refractivity contribution in [3.63, 3.8) is 0 Å². The van der Waals surface area contributed by atoms with Gasteiger partial charge in [0.2, 0.25) is 0 Å². The molecule has 0 unspecified atom stereocenters. The molecule has 0 heterocycles. The maximum absolute atomic E-state index is 12.8. The van der Waals surface area contributed by atoms with Gasteiger partial charge in [0.1, 0.15) is 5.82 Å². The lowest BCUT2D eigenvalue weighted by Crippen LogP contribution is -2.34. The fourth-order valence-electron chi connectivity index (χ4n) is 1.73. The lowest BCUT2D eigenvalue weighted by atomic mass is 10.2. The number of rotatable bonds is 2. The third-order valence-corrected chi connectivity index (χ3v) is 3.41. The minimum Gasteiger partial charge on any atom is -0.331 e. The van der Waals surface area contributed by atoms with Crippen LogP contribution in [-0.4, -0.2) is 11.0 Å². The lowest BCUT2D eigenvalue weighted by molar-refractivity contribution is -0.137. The van der Waals surface area contributed by atoms with Gasteiger partial charge in [0, 0.05) is 5.56 Å². The fraction of sp³-hybridized carbons (Fsp3) is 0.0667. The van der Waals surface area contributed by atoms with Crippen molar-refractivity contribution < 1.29 is 22.4 Å². The summed E-state index contributed by atoms with van der Waals surface area (Å²) < 4.78 is 50.9. The van der Waals surface area contributed by atoms with Gasteiger partial charge in [0.05, 0.1) is 16.3 Å². The van der Waals surface area contributed by atoms with E-state index in [1.54, 1.807) is 0 Å². The van der Waals surface area contributed by atoms with Crippen molar-refractivity contribution in [2.45, 2.75) is 6.18 Å². The van der Waals surface area contributed by atoms with Gasteiger partial charge in [-0.05, 0) is 54.7 Å². The van der Waals surface area contributed by atoms with Gasteiger partial charge in [-0.1, -0.05) is 11.6 Å². The van der Waals surface area contributed by atoms with E-state index in [9.17, 15) is 22.4 Å². The normalized spacial score (nSPS) is 11.0. The number of anilines is 1. The Kier molecular flexibility index (Phi) is 5.40. The van der Waals surface area contributed by atoms with Crippen LogP contribution in [0.15, 0.2) is 42.5 Å². The summed E-state index contributed by atoms with van der Waals surface area (Å²) in [5.74, 6) is -1.15. The summed E-state index contributed by atoms with van der Waals surface area (Å²) in [6, 6.07) is 7.34. The average molecular weight is 377 g/mol. The highest BCUT2D eigenvalue weighted by atomic mass is 35.5. The van der Waals surface area contributed by atoms with Gasteiger partial charge in [0.25, 0.3) is 5.91 Å². The number of nitrogens with one attached hydrogen (secondary N) is 2. The smallest absolute Gasteiger partial charge is 0.331 e. The molecule has 9 heteroatoms. The first-order chi connectivity index (χ1) is 11.2. The number of carbonyl (C=O) groups excluding carboxylic acids is 1. The molecule has 0 aromatic heterocycles. The Morgan fingerprint density at radius 1 is 1.08 bits per heavy atom. The van der Waals surface area contributed by atoms with Crippen molar-refractivity contribution in [2.24, 2.45) is 0 Å². The fourth-order valence-corrected chi connectivity index (χ4v) is 2.09. The SMILES string of the molecule is O=C(NC(=S)Nc1cc(C(F)(F)F)ccc1Cl)c1ccc(F)cc1. The number of alkyl halides is 3. The van der Waals surface area contributed by atoms with E-state index in [-0.39, 0.29) is 21.4 Å². The second-order valence-electron chi connectivity index (χ2n) is 4.61. The average Bonchev–Trinajstić information content (AvgIpc) is 2.48. The van der Waals surface area contributed by atoms with E-state index in [0.29, 0.717) is 0 Å². The van der Waals surface area contributed by atoms with E-state index in [4.69, 9.17) is 23.8 Å². The molecule has 0 atom stereocenters. The number of amides is 1. The third kappa shape index (κ3) is 4.65. The largest absolute Gasteiger partial charge is 0.416 e. The van der Waals surface area contributed by atoms with Crippen LogP contribution in [0.3, 0.4) is 0 Å². The summed E-state index contributed by atoms with van der Waals surface area (Å²) >= 11 is 10.7. The molecule has 0 spiro atoms. The topological polar surface area (TPSA) is 41.1 Å². The van der Waals surface area contributed by atoms with Crippen molar-refractivity contribution in [2.75, 3.05) is 5.32 Å². The van der Waals surface area contributed by atoms with Gasteiger partial charge in [-0.25, -0.2) is 4.39 Å². The van der Waals surface area contributed by atoms with E-state index in [1.807, 2.05) is 0 Å². The predicted octanol–water partition coefficient (Wildman–Crippen LogP) is 4.62. The first-order valence-electron chi connectivity index (χ1n) is 6.41. The van der Waals surface area contributed by atoms with Crippen molar-refractivity contribution in [1.82, 2.24) is 5.32 Å². The van der Waals surface area contributed by atoms with Crippen LogP contribution < -0.4 is 10.6 Å². The lowest BCUT2D eigenvalue weighted by Gasteiger charge is -2.13. The molecule has 2 aromatic carbocycles. The Bertz CT molecular complexity index is 778. The molecule has 0 fully saturated rings. The molecule has 0 saturated heterocycles. The monoisotopic (exact) mass is 376 g/mol. The zero-order valence-electron chi connectivity index (χ0n) is 11.7. The van der Waals surface area contributed by atoms with E-state index < -0.39 is 23.5 Å². The second kappa shape index (κ2) is 7.14. The number of hydrogen-bond acceptors (Lipinski definition) is 2. The van der Waals surface area contributed by atoms with Crippen LogP contribution in [0.4, 0.5) is 23.2 Å². The molecule has 3 nitrogen and oxygen atoms in total. The quantitative estimate of drug-likeness (QED) is 0.593. The van der Waals surface area contributed by atoms with Gasteiger partial charge in [0.15, 0.2) is 5.11 Å². The van der Waals surface area contributed by atoms with Crippen LogP contribution in [0, 0.1) is 5.82 Å². The van der Waals surface area contributed by atoms with Crippen LogP contribution in [-0.2, 0) is 6.18 Å². The molecule has 1 amide bonds. The molecule has 0 radical (unpaired) electrons. The van der Waals surface area contributed by atoms with Gasteiger partial charge in [-0.3, -0.25) is 10.1 Å². The summed E-state index contributed by atoms with van der Waals surface area (Å²) in [7, 11) is 0. The summed E-state index contributed by atoms with van der Waals surface area (Å²) in [5.41, 5.74) is -0.881. The molecule has 2 N–H and O–H groups in total. The second-order valence-corrected chi connectivity index (χ2v) is 5.42. The molecule has 0 saturated carbocycles. The van der Waals surface area contributed by atoms with Crippen LogP contribution in [0.1, 0.15) is 15.9 Å². The van der Waals surface area contributed by atoms with E-state index in [1.165, 1.54) is 12.1 Å². The highest BCUT2D eigenvalue weighted by Crippen LogP contribution is 2.33. The van der Waals surface area contributed by atoms with Crippen LogP contribution >= 0.6 is 23.8 Å². The number of hydrogen-bond donors (Lipinski definition) is 2. The summed E-state index contributed by atoms with van der Waals surface area (Å²) in [6.07, 6.45) is -4.54. The zero-order valence-corrected chi connectivity index (χ0v) is 13.3. The molecule has 2 aromatic rings. The molecule has 0 aliphatic heterocycles. The first-order valence-corrected chi connectivity index (χ1v) is 7.20. The van der Waals surface area contributed by atoms with Gasteiger partial charge in [-0.15, -0.1) is 0 Å². The van der Waals surface area contributed by atoms with Crippen LogP contribution in [0.5, 0.6) is 0 Å². The Morgan fingerprint density at radius 2 is 1.71 bits per heavy atom. The van der Waals surface area contributed by atoms with E-state index >= 15 is 0 Å². The zero-order chi connectivity index (χ0) is 17.9. The first kappa shape index (κ1) is 18.2. The molecule has 0 bridgehead atoms. The van der Waals surface area contributed by atoms with Crippen molar-refractivity contribution in [3.8, 4) is 0 Å². The van der Waals surface area contributed by atoms with Gasteiger partial charge >= 0.3 is 6.18 Å². The highest BCUT2D eigenvalue weighted by molar-refractivity contribution is 7.80. The Hall–Kier alpha value is -2.19. The number of carbonyl (C=O) groups is 1.